The summed E-state index contributed by atoms with van der Waals surface area (Å²) in [5.74, 6) is -0.0458. The van der Waals surface area contributed by atoms with Crippen molar-refractivity contribution in [2.75, 3.05) is 12.3 Å². The van der Waals surface area contributed by atoms with Gasteiger partial charge < -0.3 is 11.5 Å². The molecule has 0 saturated heterocycles. The molecule has 0 atom stereocenters. The Bertz CT molecular complexity index is 510. The van der Waals surface area contributed by atoms with Gasteiger partial charge >= 0.3 is 0 Å². The van der Waals surface area contributed by atoms with Crippen LogP contribution >= 0.6 is 15.9 Å². The van der Waals surface area contributed by atoms with E-state index in [0.29, 0.717) is 4.47 Å². The summed E-state index contributed by atoms with van der Waals surface area (Å²) in [7, 11) is -3.69. The maximum atomic E-state index is 11.9. The third kappa shape index (κ3) is 4.23. The van der Waals surface area contributed by atoms with E-state index >= 15 is 0 Å². The number of hydrogen-bond donors (Lipinski definition) is 3. The average Bonchev–Trinajstić information content (AvgIpc) is 2.18. The van der Waals surface area contributed by atoms with Gasteiger partial charge in [0, 0.05) is 22.8 Å². The van der Waals surface area contributed by atoms with Gasteiger partial charge in [-0.1, -0.05) is 0 Å². The maximum Gasteiger partial charge on any atom is 0.244 e. The van der Waals surface area contributed by atoms with Crippen molar-refractivity contribution in [1.82, 2.24) is 9.71 Å². The zero-order chi connectivity index (χ0) is 13.3. The van der Waals surface area contributed by atoms with Gasteiger partial charge in [-0.2, -0.15) is 0 Å². The standard InChI is InChI=1S/C9H15BrN4O2S/c1-9(2,12)5-14-17(15,16)7-3-6(10)4-13-8(7)11/h3-4,14H,5,12H2,1-2H3,(H2,11,13). The predicted molar refractivity (Wildman–Crippen MR) is 69.8 cm³/mol. The lowest BCUT2D eigenvalue weighted by molar-refractivity contribution is 0.498. The van der Waals surface area contributed by atoms with Crippen LogP contribution in [0.2, 0.25) is 0 Å². The molecule has 0 amide bonds. The minimum absolute atomic E-state index is 0.0458. The Labute approximate surface area is 109 Å². The van der Waals surface area contributed by atoms with Crippen LogP contribution in [0.15, 0.2) is 21.6 Å². The SMILES string of the molecule is CC(C)(N)CNS(=O)(=O)c1cc(Br)cnc1N. The first kappa shape index (κ1) is 14.4. The summed E-state index contributed by atoms with van der Waals surface area (Å²) in [6.07, 6.45) is 1.43. The van der Waals surface area contributed by atoms with Crippen molar-refractivity contribution in [2.24, 2.45) is 5.73 Å². The number of pyridine rings is 1. The third-order valence-corrected chi connectivity index (χ3v) is 3.72. The Kier molecular flexibility index (Phi) is 4.13. The smallest absolute Gasteiger partial charge is 0.244 e. The van der Waals surface area contributed by atoms with E-state index in [1.54, 1.807) is 13.8 Å². The van der Waals surface area contributed by atoms with Gasteiger partial charge in [0.2, 0.25) is 10.0 Å². The molecule has 8 heteroatoms. The molecular formula is C9H15BrN4O2S. The van der Waals surface area contributed by atoms with Gasteiger partial charge in [-0.15, -0.1) is 0 Å². The molecule has 0 spiro atoms. The molecule has 96 valence electrons. The van der Waals surface area contributed by atoms with Crippen LogP contribution in [-0.4, -0.2) is 25.5 Å². The molecule has 0 aliphatic heterocycles. The highest BCUT2D eigenvalue weighted by Crippen LogP contribution is 2.20. The average molecular weight is 323 g/mol. The molecule has 0 aliphatic carbocycles. The van der Waals surface area contributed by atoms with Crippen molar-refractivity contribution in [3.63, 3.8) is 0 Å². The van der Waals surface area contributed by atoms with Crippen molar-refractivity contribution >= 4 is 31.8 Å². The monoisotopic (exact) mass is 322 g/mol. The number of anilines is 1. The summed E-state index contributed by atoms with van der Waals surface area (Å²) in [5, 5.41) is 0. The Morgan fingerprint density at radius 2 is 2.12 bits per heavy atom. The zero-order valence-corrected chi connectivity index (χ0v) is 12.0. The molecule has 0 aliphatic rings. The molecule has 0 fully saturated rings. The number of sulfonamides is 1. The molecular weight excluding hydrogens is 308 g/mol. The van der Waals surface area contributed by atoms with Crippen LogP contribution in [-0.2, 0) is 10.0 Å². The summed E-state index contributed by atoms with van der Waals surface area (Å²) in [6.45, 7) is 3.55. The molecule has 1 heterocycles. The molecule has 0 aromatic carbocycles. The fourth-order valence-electron chi connectivity index (χ4n) is 1.01. The lowest BCUT2D eigenvalue weighted by atomic mass is 10.1. The molecule has 1 aromatic rings. The van der Waals surface area contributed by atoms with Crippen molar-refractivity contribution in [3.05, 3.63) is 16.7 Å². The lowest BCUT2D eigenvalue weighted by Crippen LogP contribution is -2.45. The number of halogens is 1. The van der Waals surface area contributed by atoms with Crippen molar-refractivity contribution in [3.8, 4) is 0 Å². The van der Waals surface area contributed by atoms with Crippen LogP contribution in [0, 0.1) is 0 Å². The highest BCUT2D eigenvalue weighted by Gasteiger charge is 2.21. The van der Waals surface area contributed by atoms with Gasteiger partial charge in [-0.25, -0.2) is 18.1 Å². The molecule has 17 heavy (non-hydrogen) atoms. The molecule has 1 aromatic heterocycles. The second-order valence-corrected chi connectivity index (χ2v) is 7.00. The molecule has 1 rings (SSSR count). The molecule has 0 bridgehead atoms. The summed E-state index contributed by atoms with van der Waals surface area (Å²) in [5.41, 5.74) is 10.6. The highest BCUT2D eigenvalue weighted by atomic mass is 79.9. The topological polar surface area (TPSA) is 111 Å². The van der Waals surface area contributed by atoms with Gasteiger partial charge in [-0.05, 0) is 35.8 Å². The lowest BCUT2D eigenvalue weighted by Gasteiger charge is -2.19. The van der Waals surface area contributed by atoms with E-state index in [1.165, 1.54) is 12.3 Å². The Morgan fingerprint density at radius 1 is 1.53 bits per heavy atom. The molecule has 0 unspecified atom stereocenters. The molecule has 5 N–H and O–H groups in total. The van der Waals surface area contributed by atoms with Gasteiger partial charge in [0.1, 0.15) is 10.7 Å². The fourth-order valence-corrected chi connectivity index (χ4v) is 2.82. The number of hydrogen-bond acceptors (Lipinski definition) is 5. The first-order chi connectivity index (χ1) is 7.62. The van der Waals surface area contributed by atoms with Crippen LogP contribution in [0.25, 0.3) is 0 Å². The van der Waals surface area contributed by atoms with Crippen LogP contribution < -0.4 is 16.2 Å². The van der Waals surface area contributed by atoms with Gasteiger partial charge in [0.05, 0.1) is 0 Å². The third-order valence-electron chi connectivity index (χ3n) is 1.86. The van der Waals surface area contributed by atoms with E-state index < -0.39 is 15.6 Å². The van der Waals surface area contributed by atoms with Crippen LogP contribution in [0.1, 0.15) is 13.8 Å². The first-order valence-electron chi connectivity index (χ1n) is 4.81. The van der Waals surface area contributed by atoms with Crippen LogP contribution in [0.5, 0.6) is 0 Å². The highest BCUT2D eigenvalue weighted by molar-refractivity contribution is 9.10. The molecule has 6 nitrogen and oxygen atoms in total. The minimum Gasteiger partial charge on any atom is -0.383 e. The Balaban J connectivity index is 3.02. The number of nitrogens with two attached hydrogens (primary N) is 2. The second-order valence-electron chi connectivity index (χ2n) is 4.35. The van der Waals surface area contributed by atoms with Gasteiger partial charge in [0.25, 0.3) is 0 Å². The summed E-state index contributed by atoms with van der Waals surface area (Å²) in [6, 6.07) is 1.40. The largest absolute Gasteiger partial charge is 0.383 e. The number of rotatable bonds is 4. The fraction of sp³-hybridized carbons (Fsp3) is 0.444. The van der Waals surface area contributed by atoms with Crippen molar-refractivity contribution in [1.29, 1.82) is 0 Å². The zero-order valence-electron chi connectivity index (χ0n) is 9.57. The summed E-state index contributed by atoms with van der Waals surface area (Å²) >= 11 is 3.14. The minimum atomic E-state index is -3.69. The quantitative estimate of drug-likeness (QED) is 0.744. The normalized spacial score (nSPS) is 12.7. The molecule has 0 radical (unpaired) electrons. The van der Waals surface area contributed by atoms with Crippen LogP contribution in [0.3, 0.4) is 0 Å². The number of nitrogens with one attached hydrogen (secondary N) is 1. The predicted octanol–water partition coefficient (Wildman–Crippen LogP) is 0.442. The summed E-state index contributed by atoms with van der Waals surface area (Å²) in [4.78, 5) is 3.71. The van der Waals surface area contributed by atoms with E-state index in [1.807, 2.05) is 0 Å². The number of nitrogens with zero attached hydrogens (tertiary/aromatic N) is 1. The number of nitrogen functional groups attached to an aromatic ring is 1. The Hall–Kier alpha value is -0.700. The van der Waals surface area contributed by atoms with Gasteiger partial charge in [-0.3, -0.25) is 0 Å². The summed E-state index contributed by atoms with van der Waals surface area (Å²) < 4.78 is 26.8. The van der Waals surface area contributed by atoms with E-state index in [2.05, 4.69) is 25.6 Å². The van der Waals surface area contributed by atoms with E-state index in [9.17, 15) is 8.42 Å². The van der Waals surface area contributed by atoms with E-state index in [0.717, 1.165) is 0 Å². The molecule has 0 saturated carbocycles. The van der Waals surface area contributed by atoms with E-state index in [4.69, 9.17) is 11.5 Å². The van der Waals surface area contributed by atoms with E-state index in [-0.39, 0.29) is 17.3 Å². The Morgan fingerprint density at radius 3 is 2.65 bits per heavy atom. The van der Waals surface area contributed by atoms with Crippen LogP contribution in [0.4, 0.5) is 5.82 Å². The van der Waals surface area contributed by atoms with Crippen molar-refractivity contribution < 1.29 is 8.42 Å². The number of aromatic nitrogens is 1. The van der Waals surface area contributed by atoms with Crippen molar-refractivity contribution in [2.45, 2.75) is 24.3 Å². The first-order valence-corrected chi connectivity index (χ1v) is 7.09. The van der Waals surface area contributed by atoms with Gasteiger partial charge in [0.15, 0.2) is 0 Å². The maximum absolute atomic E-state index is 11.9. The second kappa shape index (κ2) is 4.89.